The molecule has 2 N–H and O–H groups in total. The highest BCUT2D eigenvalue weighted by Gasteiger charge is 2.15. The van der Waals surface area contributed by atoms with Gasteiger partial charge in [0.1, 0.15) is 12.4 Å². The Labute approximate surface area is 154 Å². The normalized spacial score (nSPS) is 16.3. The maximum Gasteiger partial charge on any atom is 0.243 e. The Hall–Kier alpha value is -2.53. The van der Waals surface area contributed by atoms with Gasteiger partial charge in [-0.15, -0.1) is 0 Å². The number of aryl methyl sites for hydroxylation is 2. The predicted octanol–water partition coefficient (Wildman–Crippen LogP) is 3.91. The first-order chi connectivity index (χ1) is 12.6. The van der Waals surface area contributed by atoms with Gasteiger partial charge < -0.3 is 20.1 Å². The number of carbonyl (C=O) groups is 1. The smallest absolute Gasteiger partial charge is 0.243 e. The first-order valence-corrected chi connectivity index (χ1v) is 9.05. The molecule has 2 aromatic rings. The van der Waals surface area contributed by atoms with Crippen LogP contribution < -0.4 is 15.4 Å². The molecule has 1 atom stereocenters. The van der Waals surface area contributed by atoms with Crippen molar-refractivity contribution >= 4 is 17.3 Å². The van der Waals surface area contributed by atoms with Crippen molar-refractivity contribution in [2.75, 3.05) is 30.4 Å². The zero-order valence-corrected chi connectivity index (χ0v) is 15.4. The average molecular weight is 354 g/mol. The summed E-state index contributed by atoms with van der Waals surface area (Å²) >= 11 is 0. The number of amides is 1. The van der Waals surface area contributed by atoms with Crippen LogP contribution in [0.3, 0.4) is 0 Å². The first kappa shape index (κ1) is 18.3. The zero-order valence-electron chi connectivity index (χ0n) is 15.4. The van der Waals surface area contributed by atoms with E-state index in [0.717, 1.165) is 47.7 Å². The van der Waals surface area contributed by atoms with Crippen LogP contribution in [0.25, 0.3) is 0 Å². The number of carbonyl (C=O) groups excluding carboxylic acids is 1. The van der Waals surface area contributed by atoms with Crippen LogP contribution in [0.1, 0.15) is 24.0 Å². The van der Waals surface area contributed by atoms with Gasteiger partial charge in [-0.05, 0) is 74.2 Å². The molecule has 138 valence electrons. The molecule has 1 unspecified atom stereocenters. The van der Waals surface area contributed by atoms with Gasteiger partial charge in [0.2, 0.25) is 5.91 Å². The molecule has 0 spiro atoms. The summed E-state index contributed by atoms with van der Waals surface area (Å²) in [5.41, 5.74) is 3.97. The van der Waals surface area contributed by atoms with Crippen LogP contribution in [-0.2, 0) is 9.53 Å². The van der Waals surface area contributed by atoms with Crippen molar-refractivity contribution in [1.82, 2.24) is 0 Å². The van der Waals surface area contributed by atoms with Crippen LogP contribution in [0.5, 0.6) is 5.75 Å². The molecule has 0 aromatic heterocycles. The van der Waals surface area contributed by atoms with Gasteiger partial charge in [-0.2, -0.15) is 0 Å². The quantitative estimate of drug-likeness (QED) is 0.791. The maximum absolute atomic E-state index is 12.1. The predicted molar refractivity (Wildman–Crippen MR) is 104 cm³/mol. The molecule has 0 radical (unpaired) electrons. The molecule has 1 amide bonds. The molecule has 1 heterocycles. The number of nitrogens with one attached hydrogen (secondary N) is 2. The highest BCUT2D eigenvalue weighted by atomic mass is 16.5. The number of ether oxygens (including phenoxy) is 2. The maximum atomic E-state index is 12.1. The van der Waals surface area contributed by atoms with E-state index < -0.39 is 0 Å². The van der Waals surface area contributed by atoms with E-state index in [0.29, 0.717) is 6.61 Å². The van der Waals surface area contributed by atoms with E-state index in [9.17, 15) is 4.79 Å². The topological polar surface area (TPSA) is 59.6 Å². The second-order valence-corrected chi connectivity index (χ2v) is 6.75. The third-order valence-corrected chi connectivity index (χ3v) is 4.27. The SMILES string of the molecule is Cc1cc(C)cc(NC(=O)CNc2ccc(OCC3CCCO3)cc2)c1. The molecular weight excluding hydrogens is 328 g/mol. The molecule has 5 nitrogen and oxygen atoms in total. The fourth-order valence-electron chi connectivity index (χ4n) is 3.07. The number of rotatable bonds is 7. The Morgan fingerprint density at radius 3 is 2.50 bits per heavy atom. The Morgan fingerprint density at radius 1 is 1.12 bits per heavy atom. The van der Waals surface area contributed by atoms with Crippen LogP contribution in [-0.4, -0.2) is 31.8 Å². The zero-order chi connectivity index (χ0) is 18.4. The molecule has 1 aliphatic rings. The average Bonchev–Trinajstić information content (AvgIpc) is 3.12. The number of hydrogen-bond acceptors (Lipinski definition) is 4. The van der Waals surface area contributed by atoms with Crippen molar-refractivity contribution in [3.8, 4) is 5.75 Å². The second-order valence-electron chi connectivity index (χ2n) is 6.75. The molecular formula is C21H26N2O3. The monoisotopic (exact) mass is 354 g/mol. The second kappa shape index (κ2) is 8.72. The van der Waals surface area contributed by atoms with Crippen LogP contribution in [0.15, 0.2) is 42.5 Å². The molecule has 2 aromatic carbocycles. The molecule has 3 rings (SSSR count). The van der Waals surface area contributed by atoms with Crippen molar-refractivity contribution in [3.63, 3.8) is 0 Å². The highest BCUT2D eigenvalue weighted by molar-refractivity contribution is 5.93. The minimum atomic E-state index is -0.0753. The van der Waals surface area contributed by atoms with Gasteiger partial charge in [0.25, 0.3) is 0 Å². The van der Waals surface area contributed by atoms with Crippen molar-refractivity contribution in [2.24, 2.45) is 0 Å². The molecule has 1 saturated heterocycles. The molecule has 1 fully saturated rings. The van der Waals surface area contributed by atoms with E-state index in [1.54, 1.807) is 0 Å². The van der Waals surface area contributed by atoms with Gasteiger partial charge in [0, 0.05) is 18.0 Å². The number of benzene rings is 2. The van der Waals surface area contributed by atoms with E-state index >= 15 is 0 Å². The van der Waals surface area contributed by atoms with Gasteiger partial charge in [-0.1, -0.05) is 6.07 Å². The summed E-state index contributed by atoms with van der Waals surface area (Å²) in [6.45, 7) is 5.67. The standard InChI is InChI=1S/C21H26N2O3/c1-15-10-16(2)12-18(11-15)23-21(24)13-22-17-5-7-19(8-6-17)26-14-20-4-3-9-25-20/h5-8,10-12,20,22H,3-4,9,13-14H2,1-2H3,(H,23,24). The lowest BCUT2D eigenvalue weighted by molar-refractivity contribution is -0.114. The van der Waals surface area contributed by atoms with Gasteiger partial charge >= 0.3 is 0 Å². The fraction of sp³-hybridized carbons (Fsp3) is 0.381. The Bertz CT molecular complexity index is 717. The molecule has 0 aliphatic carbocycles. The third kappa shape index (κ3) is 5.49. The van der Waals surface area contributed by atoms with Crippen LogP contribution in [0, 0.1) is 13.8 Å². The molecule has 1 aliphatic heterocycles. The van der Waals surface area contributed by atoms with Gasteiger partial charge in [0.15, 0.2) is 0 Å². The molecule has 26 heavy (non-hydrogen) atoms. The van der Waals surface area contributed by atoms with Crippen LogP contribution in [0.2, 0.25) is 0 Å². The van der Waals surface area contributed by atoms with Gasteiger partial charge in [-0.25, -0.2) is 0 Å². The van der Waals surface area contributed by atoms with Gasteiger partial charge in [0.05, 0.1) is 12.6 Å². The van der Waals surface area contributed by atoms with Crippen molar-refractivity contribution in [3.05, 3.63) is 53.6 Å². The van der Waals surface area contributed by atoms with Crippen LogP contribution >= 0.6 is 0 Å². The summed E-state index contributed by atoms with van der Waals surface area (Å²) in [5, 5.41) is 6.04. The number of anilines is 2. The largest absolute Gasteiger partial charge is 0.491 e. The lowest BCUT2D eigenvalue weighted by atomic mass is 10.1. The van der Waals surface area contributed by atoms with Crippen LogP contribution in [0.4, 0.5) is 11.4 Å². The lowest BCUT2D eigenvalue weighted by Gasteiger charge is -2.12. The van der Waals surface area contributed by atoms with Crippen molar-refractivity contribution in [2.45, 2.75) is 32.8 Å². The summed E-state index contributed by atoms with van der Waals surface area (Å²) < 4.78 is 11.3. The molecule has 5 heteroatoms. The first-order valence-electron chi connectivity index (χ1n) is 9.05. The van der Waals surface area contributed by atoms with E-state index in [4.69, 9.17) is 9.47 Å². The van der Waals surface area contributed by atoms with Crippen molar-refractivity contribution < 1.29 is 14.3 Å². The summed E-state index contributed by atoms with van der Waals surface area (Å²) in [5.74, 6) is 0.736. The van der Waals surface area contributed by atoms with E-state index in [1.807, 2.05) is 50.2 Å². The third-order valence-electron chi connectivity index (χ3n) is 4.27. The Morgan fingerprint density at radius 2 is 1.85 bits per heavy atom. The van der Waals surface area contributed by atoms with E-state index in [2.05, 4.69) is 16.7 Å². The summed E-state index contributed by atoms with van der Waals surface area (Å²) in [6, 6.07) is 13.6. The fourth-order valence-corrected chi connectivity index (χ4v) is 3.07. The minimum absolute atomic E-state index is 0.0753. The summed E-state index contributed by atoms with van der Waals surface area (Å²) in [7, 11) is 0. The van der Waals surface area contributed by atoms with Crippen molar-refractivity contribution in [1.29, 1.82) is 0 Å². The summed E-state index contributed by atoms with van der Waals surface area (Å²) in [4.78, 5) is 12.1. The Balaban J connectivity index is 1.44. The minimum Gasteiger partial charge on any atom is -0.491 e. The van der Waals surface area contributed by atoms with E-state index in [1.165, 1.54) is 0 Å². The lowest BCUT2D eigenvalue weighted by Crippen LogP contribution is -2.21. The molecule has 0 saturated carbocycles. The number of hydrogen-bond donors (Lipinski definition) is 2. The Kier molecular flexibility index (Phi) is 6.12. The highest BCUT2D eigenvalue weighted by Crippen LogP contribution is 2.18. The van der Waals surface area contributed by atoms with Gasteiger partial charge in [-0.3, -0.25) is 4.79 Å². The summed E-state index contributed by atoms with van der Waals surface area (Å²) in [6.07, 6.45) is 2.39. The molecule has 0 bridgehead atoms. The van der Waals surface area contributed by atoms with E-state index in [-0.39, 0.29) is 18.6 Å².